The monoisotopic (exact) mass is 340 g/mol. The molecule has 0 spiro atoms. The van der Waals surface area contributed by atoms with Gasteiger partial charge in [-0.25, -0.2) is 4.98 Å². The Kier molecular flexibility index (Phi) is 4.60. The van der Waals surface area contributed by atoms with Crippen LogP contribution in [0.15, 0.2) is 22.7 Å². The quantitative estimate of drug-likeness (QED) is 0.895. The van der Waals surface area contributed by atoms with E-state index in [1.54, 1.807) is 17.4 Å². The third-order valence-corrected chi connectivity index (χ3v) is 5.04. The largest absolute Gasteiger partial charge is 0.507 e. The molecule has 0 radical (unpaired) electrons. The topological polar surface area (TPSA) is 59.1 Å². The number of rotatable bonds is 4. The Morgan fingerprint density at radius 3 is 2.68 bits per heavy atom. The number of thiazole rings is 1. The molecule has 0 amide bonds. The first-order valence-corrected chi connectivity index (χ1v) is 7.73. The van der Waals surface area contributed by atoms with Crippen molar-refractivity contribution in [3.8, 4) is 5.75 Å². The molecule has 102 valence electrons. The number of hydrogen-bond donors (Lipinski definition) is 2. The molecule has 1 atom stereocenters. The number of aromatic nitrogens is 1. The molecule has 0 aliphatic heterocycles. The summed E-state index contributed by atoms with van der Waals surface area (Å²) in [7, 11) is 0. The summed E-state index contributed by atoms with van der Waals surface area (Å²) in [6.07, 6.45) is 0.835. The molecule has 0 fully saturated rings. The molecule has 3 nitrogen and oxygen atoms in total. The molecule has 0 aliphatic rings. The highest BCUT2D eigenvalue weighted by atomic mass is 79.9. The number of nitrogens with zero attached hydrogens (tertiary/aromatic N) is 1. The van der Waals surface area contributed by atoms with E-state index in [-0.39, 0.29) is 11.7 Å². The third kappa shape index (κ3) is 3.35. The van der Waals surface area contributed by atoms with Gasteiger partial charge in [-0.3, -0.25) is 0 Å². The van der Waals surface area contributed by atoms with Gasteiger partial charge in [0.15, 0.2) is 0 Å². The van der Waals surface area contributed by atoms with E-state index < -0.39 is 0 Å². The minimum Gasteiger partial charge on any atom is -0.507 e. The zero-order valence-electron chi connectivity index (χ0n) is 11.0. The first kappa shape index (κ1) is 14.5. The fourth-order valence-electron chi connectivity index (χ4n) is 1.91. The molecule has 19 heavy (non-hydrogen) atoms. The first-order chi connectivity index (χ1) is 9.01. The van der Waals surface area contributed by atoms with Crippen LogP contribution >= 0.6 is 27.3 Å². The lowest BCUT2D eigenvalue weighted by Gasteiger charge is -2.12. The molecular formula is C14H17BrN2OS. The maximum absolute atomic E-state index is 9.51. The number of benzene rings is 1. The van der Waals surface area contributed by atoms with Crippen molar-refractivity contribution >= 4 is 27.3 Å². The fraction of sp³-hybridized carbons (Fsp3) is 0.357. The molecule has 0 saturated carbocycles. The Morgan fingerprint density at radius 2 is 2.16 bits per heavy atom. The number of phenols is 1. The van der Waals surface area contributed by atoms with E-state index in [1.165, 1.54) is 4.88 Å². The summed E-state index contributed by atoms with van der Waals surface area (Å²) in [5.41, 5.74) is 8.12. The summed E-state index contributed by atoms with van der Waals surface area (Å²) in [4.78, 5) is 5.85. The van der Waals surface area contributed by atoms with E-state index >= 15 is 0 Å². The van der Waals surface area contributed by atoms with Gasteiger partial charge in [-0.2, -0.15) is 0 Å². The van der Waals surface area contributed by atoms with Crippen LogP contribution in [0.5, 0.6) is 5.75 Å². The Morgan fingerprint density at radius 1 is 1.42 bits per heavy atom. The van der Waals surface area contributed by atoms with E-state index in [0.29, 0.717) is 11.0 Å². The van der Waals surface area contributed by atoms with E-state index in [1.807, 2.05) is 19.1 Å². The van der Waals surface area contributed by atoms with Crippen LogP contribution in [-0.2, 0) is 6.42 Å². The number of aromatic hydroxyl groups is 1. The van der Waals surface area contributed by atoms with Gasteiger partial charge < -0.3 is 10.8 Å². The number of halogens is 1. The molecule has 1 aromatic carbocycles. The Balaban J connectivity index is 2.21. The van der Waals surface area contributed by atoms with Crippen LogP contribution in [0.3, 0.4) is 0 Å². The molecule has 1 unspecified atom stereocenters. The van der Waals surface area contributed by atoms with Crippen molar-refractivity contribution in [2.75, 3.05) is 6.54 Å². The summed E-state index contributed by atoms with van der Waals surface area (Å²) in [6, 6.07) is 5.56. The van der Waals surface area contributed by atoms with Crippen LogP contribution in [0.4, 0.5) is 0 Å². The average molecular weight is 341 g/mol. The molecule has 5 heteroatoms. The van der Waals surface area contributed by atoms with Crippen molar-refractivity contribution < 1.29 is 5.11 Å². The molecule has 3 N–H and O–H groups in total. The summed E-state index contributed by atoms with van der Waals surface area (Å²) >= 11 is 5.06. The standard InChI is InChI=1S/C14H17BrN2OS/c1-8-9(2)19-14(17-8)11(7-16)5-10-3-4-13(18)12(15)6-10/h3-4,6,11,18H,5,7,16H2,1-2H3. The van der Waals surface area contributed by atoms with Gasteiger partial charge in [0.2, 0.25) is 0 Å². The van der Waals surface area contributed by atoms with Crippen molar-refractivity contribution in [3.05, 3.63) is 43.8 Å². The van der Waals surface area contributed by atoms with Gasteiger partial charge in [0, 0.05) is 17.3 Å². The van der Waals surface area contributed by atoms with Crippen LogP contribution in [0.2, 0.25) is 0 Å². The third-order valence-electron chi connectivity index (χ3n) is 3.17. The normalized spacial score (nSPS) is 12.6. The molecule has 2 rings (SSSR count). The van der Waals surface area contributed by atoms with E-state index in [4.69, 9.17) is 5.73 Å². The van der Waals surface area contributed by atoms with Crippen LogP contribution in [-0.4, -0.2) is 16.6 Å². The average Bonchev–Trinajstić information content (AvgIpc) is 2.71. The van der Waals surface area contributed by atoms with Crippen molar-refractivity contribution in [1.82, 2.24) is 4.98 Å². The molecule has 1 heterocycles. The van der Waals surface area contributed by atoms with Gasteiger partial charge in [0.05, 0.1) is 15.2 Å². The smallest absolute Gasteiger partial charge is 0.129 e. The molecule has 0 bridgehead atoms. The van der Waals surface area contributed by atoms with Crippen LogP contribution in [0, 0.1) is 13.8 Å². The van der Waals surface area contributed by atoms with Crippen LogP contribution < -0.4 is 5.73 Å². The van der Waals surface area contributed by atoms with E-state index in [9.17, 15) is 5.11 Å². The summed E-state index contributed by atoms with van der Waals surface area (Å²) < 4.78 is 0.715. The summed E-state index contributed by atoms with van der Waals surface area (Å²) in [5, 5.41) is 10.6. The minimum atomic E-state index is 0.230. The SMILES string of the molecule is Cc1nc(C(CN)Cc2ccc(O)c(Br)c2)sc1C. The van der Waals surface area contributed by atoms with E-state index in [0.717, 1.165) is 22.7 Å². The van der Waals surface area contributed by atoms with Gasteiger partial charge in [-0.15, -0.1) is 11.3 Å². The Hall–Kier alpha value is -0.910. The zero-order chi connectivity index (χ0) is 14.0. The maximum Gasteiger partial charge on any atom is 0.129 e. The number of hydrogen-bond acceptors (Lipinski definition) is 4. The number of phenolic OH excluding ortho intramolecular Hbond substituents is 1. The predicted octanol–water partition coefficient (Wildman–Crippen LogP) is 3.51. The van der Waals surface area contributed by atoms with Gasteiger partial charge in [-0.1, -0.05) is 6.07 Å². The van der Waals surface area contributed by atoms with Gasteiger partial charge in [0.25, 0.3) is 0 Å². The predicted molar refractivity (Wildman–Crippen MR) is 82.9 cm³/mol. The molecule has 0 aliphatic carbocycles. The molecule has 1 aromatic heterocycles. The Bertz CT molecular complexity index is 563. The molecule has 0 saturated heterocycles. The number of aryl methyl sites for hydroxylation is 2. The minimum absolute atomic E-state index is 0.230. The second-order valence-electron chi connectivity index (χ2n) is 4.62. The molecular weight excluding hydrogens is 324 g/mol. The van der Waals surface area contributed by atoms with Crippen LogP contribution in [0.25, 0.3) is 0 Å². The highest BCUT2D eigenvalue weighted by Crippen LogP contribution is 2.29. The van der Waals surface area contributed by atoms with Crippen molar-refractivity contribution in [3.63, 3.8) is 0 Å². The van der Waals surface area contributed by atoms with Gasteiger partial charge in [0.1, 0.15) is 5.75 Å². The summed E-state index contributed by atoms with van der Waals surface area (Å²) in [5.74, 6) is 0.489. The highest BCUT2D eigenvalue weighted by Gasteiger charge is 2.16. The molecule has 2 aromatic rings. The zero-order valence-corrected chi connectivity index (χ0v) is 13.4. The lowest BCUT2D eigenvalue weighted by atomic mass is 10.00. The number of nitrogens with two attached hydrogens (primary N) is 1. The second-order valence-corrected chi connectivity index (χ2v) is 6.71. The van der Waals surface area contributed by atoms with Crippen molar-refractivity contribution in [1.29, 1.82) is 0 Å². The van der Waals surface area contributed by atoms with Crippen molar-refractivity contribution in [2.24, 2.45) is 5.73 Å². The lowest BCUT2D eigenvalue weighted by molar-refractivity contribution is 0.471. The maximum atomic E-state index is 9.51. The second kappa shape index (κ2) is 6.03. The van der Waals surface area contributed by atoms with E-state index in [2.05, 4.69) is 27.8 Å². The van der Waals surface area contributed by atoms with Gasteiger partial charge in [-0.05, 0) is 53.9 Å². The first-order valence-electron chi connectivity index (χ1n) is 6.12. The Labute approximate surface area is 125 Å². The highest BCUT2D eigenvalue weighted by molar-refractivity contribution is 9.10. The van der Waals surface area contributed by atoms with Crippen LogP contribution in [0.1, 0.15) is 27.1 Å². The fourth-order valence-corrected chi connectivity index (χ4v) is 3.37. The lowest BCUT2D eigenvalue weighted by Crippen LogP contribution is -2.15. The summed E-state index contributed by atoms with van der Waals surface area (Å²) in [6.45, 7) is 4.69. The van der Waals surface area contributed by atoms with Crippen molar-refractivity contribution in [2.45, 2.75) is 26.2 Å². The van der Waals surface area contributed by atoms with Gasteiger partial charge >= 0.3 is 0 Å².